The highest BCUT2D eigenvalue weighted by atomic mass is 19.4. The number of hydrogen-bond donors (Lipinski definition) is 2. The van der Waals surface area contributed by atoms with Crippen molar-refractivity contribution in [3.63, 3.8) is 0 Å². The number of carbonyl (C=O) groups excluding carboxylic acids is 3. The molecule has 2 N–H and O–H groups in total. The Bertz CT molecular complexity index is 910. The molecule has 0 radical (unpaired) electrons. The average Bonchev–Trinajstić information content (AvgIpc) is 2.75. The predicted octanol–water partition coefficient (Wildman–Crippen LogP) is 3.42. The van der Waals surface area contributed by atoms with Crippen molar-refractivity contribution in [3.8, 4) is 0 Å². The number of nitrogens with one attached hydrogen (secondary N) is 2. The molecule has 1 atom stereocenters. The van der Waals surface area contributed by atoms with Crippen LogP contribution in [0.2, 0.25) is 0 Å². The third-order valence-corrected chi connectivity index (χ3v) is 4.50. The minimum atomic E-state index is -4.50. The molecule has 2 aromatic rings. The van der Waals surface area contributed by atoms with Crippen molar-refractivity contribution in [2.24, 2.45) is 0 Å². The Balaban J connectivity index is 1.74. The summed E-state index contributed by atoms with van der Waals surface area (Å²) in [6.45, 7) is 2.79. The van der Waals surface area contributed by atoms with Crippen molar-refractivity contribution in [1.29, 1.82) is 0 Å². The lowest BCUT2D eigenvalue weighted by Gasteiger charge is -2.15. The van der Waals surface area contributed by atoms with E-state index in [-0.39, 0.29) is 11.6 Å². The van der Waals surface area contributed by atoms with E-state index in [1.54, 1.807) is 6.92 Å². The molecule has 0 heterocycles. The average molecular weight is 436 g/mol. The summed E-state index contributed by atoms with van der Waals surface area (Å²) in [5, 5.41) is 4.93. The molecule has 1 unspecified atom stereocenters. The Kier molecular flexibility index (Phi) is 8.18. The minimum absolute atomic E-state index is 0.0403. The van der Waals surface area contributed by atoms with E-state index < -0.39 is 42.7 Å². The smallest absolute Gasteiger partial charge is 0.416 e. The van der Waals surface area contributed by atoms with Gasteiger partial charge in [-0.1, -0.05) is 31.2 Å². The summed E-state index contributed by atoms with van der Waals surface area (Å²) in [5.41, 5.74) is 1.15. The van der Waals surface area contributed by atoms with Crippen molar-refractivity contribution < 1.29 is 32.3 Å². The molecular weight excluding hydrogens is 413 g/mol. The minimum Gasteiger partial charge on any atom is -0.454 e. The maximum absolute atomic E-state index is 12.5. The van der Waals surface area contributed by atoms with Crippen LogP contribution in [0.5, 0.6) is 0 Å². The maximum Gasteiger partial charge on any atom is 0.416 e. The molecule has 0 spiro atoms. The van der Waals surface area contributed by atoms with E-state index in [0.717, 1.165) is 36.2 Å². The van der Waals surface area contributed by atoms with Crippen LogP contribution in [0.1, 0.15) is 46.9 Å². The number of ether oxygens (including phenoxy) is 1. The number of amides is 2. The number of aryl methyl sites for hydroxylation is 1. The van der Waals surface area contributed by atoms with Crippen LogP contribution in [0.15, 0.2) is 48.5 Å². The highest BCUT2D eigenvalue weighted by molar-refractivity contribution is 5.96. The fraction of sp³-hybridized carbons (Fsp3) is 0.318. The molecule has 2 rings (SSSR count). The van der Waals surface area contributed by atoms with Gasteiger partial charge in [-0.25, -0.2) is 0 Å². The summed E-state index contributed by atoms with van der Waals surface area (Å²) in [4.78, 5) is 35.6. The van der Waals surface area contributed by atoms with Crippen molar-refractivity contribution in [1.82, 2.24) is 10.6 Å². The third kappa shape index (κ3) is 7.44. The lowest BCUT2D eigenvalue weighted by molar-refractivity contribution is -0.147. The molecule has 2 aromatic carbocycles. The molecule has 0 saturated carbocycles. The van der Waals surface area contributed by atoms with Gasteiger partial charge >= 0.3 is 12.1 Å². The molecule has 0 aliphatic rings. The highest BCUT2D eigenvalue weighted by Crippen LogP contribution is 2.29. The van der Waals surface area contributed by atoms with E-state index in [9.17, 15) is 27.6 Å². The van der Waals surface area contributed by atoms with Gasteiger partial charge in [-0.15, -0.1) is 0 Å². The van der Waals surface area contributed by atoms with Crippen LogP contribution in [0, 0.1) is 0 Å². The predicted molar refractivity (Wildman–Crippen MR) is 107 cm³/mol. The van der Waals surface area contributed by atoms with E-state index in [2.05, 4.69) is 10.6 Å². The second-order valence-corrected chi connectivity index (χ2v) is 6.80. The van der Waals surface area contributed by atoms with E-state index >= 15 is 0 Å². The fourth-order valence-electron chi connectivity index (χ4n) is 2.67. The molecule has 31 heavy (non-hydrogen) atoms. The van der Waals surface area contributed by atoms with Crippen LogP contribution in [-0.2, 0) is 26.9 Å². The highest BCUT2D eigenvalue weighted by Gasteiger charge is 2.30. The number of benzene rings is 2. The first kappa shape index (κ1) is 23.9. The maximum atomic E-state index is 12.5. The van der Waals surface area contributed by atoms with Crippen LogP contribution < -0.4 is 10.6 Å². The summed E-state index contributed by atoms with van der Waals surface area (Å²) in [6, 6.07) is 11.0. The Morgan fingerprint density at radius 2 is 1.61 bits per heavy atom. The van der Waals surface area contributed by atoms with Crippen LogP contribution in [-0.4, -0.2) is 30.9 Å². The Morgan fingerprint density at radius 3 is 2.16 bits per heavy atom. The van der Waals surface area contributed by atoms with Crippen molar-refractivity contribution in [2.45, 2.75) is 32.5 Å². The first-order valence-corrected chi connectivity index (χ1v) is 9.59. The molecule has 9 heteroatoms. The molecule has 0 saturated heterocycles. The molecule has 166 valence electrons. The summed E-state index contributed by atoms with van der Waals surface area (Å²) in [5.74, 6) is -2.09. The number of halogens is 3. The number of esters is 1. The van der Waals surface area contributed by atoms with Crippen molar-refractivity contribution >= 4 is 17.8 Å². The largest absolute Gasteiger partial charge is 0.454 e. The van der Waals surface area contributed by atoms with Crippen LogP contribution in [0.3, 0.4) is 0 Å². The van der Waals surface area contributed by atoms with Gasteiger partial charge < -0.3 is 15.4 Å². The molecule has 0 aromatic heterocycles. The molecule has 2 amide bonds. The van der Waals surface area contributed by atoms with Gasteiger partial charge in [0.1, 0.15) is 6.54 Å². The second kappa shape index (κ2) is 10.6. The molecule has 6 nitrogen and oxygen atoms in total. The van der Waals surface area contributed by atoms with Gasteiger partial charge in [-0.05, 0) is 48.7 Å². The first-order valence-electron chi connectivity index (χ1n) is 9.59. The van der Waals surface area contributed by atoms with Gasteiger partial charge in [-0.3, -0.25) is 14.4 Å². The van der Waals surface area contributed by atoms with E-state index in [0.29, 0.717) is 0 Å². The van der Waals surface area contributed by atoms with Gasteiger partial charge in [0.15, 0.2) is 6.61 Å². The van der Waals surface area contributed by atoms with E-state index in [1.807, 2.05) is 31.2 Å². The lowest BCUT2D eigenvalue weighted by Crippen LogP contribution is -2.34. The standard InChI is InChI=1S/C22H23F3N2O4/c1-3-15-4-6-16(7-5-15)14(2)27-19(28)13-31-20(29)12-26-21(30)17-8-10-18(11-9-17)22(23,24)25/h4-11,14H,3,12-13H2,1-2H3,(H,26,30)(H,27,28). The summed E-state index contributed by atoms with van der Waals surface area (Å²) in [6.07, 6.45) is -3.60. The number of alkyl halides is 3. The van der Waals surface area contributed by atoms with Gasteiger partial charge in [-0.2, -0.15) is 13.2 Å². The Morgan fingerprint density at radius 1 is 1.00 bits per heavy atom. The van der Waals surface area contributed by atoms with Crippen LogP contribution >= 0.6 is 0 Å². The SMILES string of the molecule is CCc1ccc(C(C)NC(=O)COC(=O)CNC(=O)c2ccc(C(F)(F)F)cc2)cc1. The Hall–Kier alpha value is -3.36. The quantitative estimate of drug-likeness (QED) is 0.621. The van der Waals surface area contributed by atoms with Gasteiger partial charge in [0.25, 0.3) is 11.8 Å². The molecule has 0 bridgehead atoms. The number of hydrogen-bond acceptors (Lipinski definition) is 4. The topological polar surface area (TPSA) is 84.5 Å². The van der Waals surface area contributed by atoms with Crippen molar-refractivity contribution in [2.75, 3.05) is 13.2 Å². The molecule has 0 aliphatic carbocycles. The van der Waals surface area contributed by atoms with Crippen LogP contribution in [0.25, 0.3) is 0 Å². The summed E-state index contributed by atoms with van der Waals surface area (Å²) in [7, 11) is 0. The zero-order valence-electron chi connectivity index (χ0n) is 17.1. The van der Waals surface area contributed by atoms with Gasteiger partial charge in [0, 0.05) is 5.56 Å². The second-order valence-electron chi connectivity index (χ2n) is 6.80. The third-order valence-electron chi connectivity index (χ3n) is 4.50. The monoisotopic (exact) mass is 436 g/mol. The van der Waals surface area contributed by atoms with Gasteiger partial charge in [0.05, 0.1) is 11.6 Å². The molecule has 0 fully saturated rings. The van der Waals surface area contributed by atoms with Crippen molar-refractivity contribution in [3.05, 3.63) is 70.8 Å². The zero-order chi connectivity index (χ0) is 23.0. The van der Waals surface area contributed by atoms with E-state index in [1.165, 1.54) is 5.56 Å². The normalized spacial score (nSPS) is 12.0. The first-order chi connectivity index (χ1) is 14.6. The summed E-state index contributed by atoms with van der Waals surface area (Å²) < 4.78 is 42.4. The van der Waals surface area contributed by atoms with E-state index in [4.69, 9.17) is 4.74 Å². The number of carbonyl (C=O) groups is 3. The van der Waals surface area contributed by atoms with Crippen LogP contribution in [0.4, 0.5) is 13.2 Å². The molecule has 0 aliphatic heterocycles. The lowest BCUT2D eigenvalue weighted by atomic mass is 10.1. The fourth-order valence-corrected chi connectivity index (χ4v) is 2.67. The number of rotatable bonds is 8. The summed E-state index contributed by atoms with van der Waals surface area (Å²) >= 11 is 0. The Labute approximate surface area is 177 Å². The molecular formula is C22H23F3N2O4. The zero-order valence-corrected chi connectivity index (χ0v) is 17.1. The van der Waals surface area contributed by atoms with Gasteiger partial charge in [0.2, 0.25) is 0 Å².